The van der Waals surface area contributed by atoms with Crippen molar-refractivity contribution in [3.05, 3.63) is 46.5 Å². The smallest absolute Gasteiger partial charge is 0.161 e. The second-order valence-electron chi connectivity index (χ2n) is 4.77. The molecule has 4 nitrogen and oxygen atoms in total. The zero-order valence-electron chi connectivity index (χ0n) is 12.4. The second kappa shape index (κ2) is 6.91. The van der Waals surface area contributed by atoms with E-state index in [9.17, 15) is 4.39 Å². The molecule has 21 heavy (non-hydrogen) atoms. The van der Waals surface area contributed by atoms with E-state index >= 15 is 0 Å². The average Bonchev–Trinajstić information content (AvgIpc) is 2.82. The van der Waals surface area contributed by atoms with Crippen molar-refractivity contribution >= 4 is 11.6 Å². The summed E-state index contributed by atoms with van der Waals surface area (Å²) in [4.78, 5) is 0. The molecule has 1 unspecified atom stereocenters. The van der Waals surface area contributed by atoms with Crippen LogP contribution in [0, 0.1) is 5.82 Å². The summed E-state index contributed by atoms with van der Waals surface area (Å²) in [5.74, 6) is 0.392. The largest absolute Gasteiger partial charge is 0.493 e. The van der Waals surface area contributed by atoms with Gasteiger partial charge in [0.05, 0.1) is 25.0 Å². The van der Waals surface area contributed by atoms with Crippen molar-refractivity contribution in [1.29, 1.82) is 0 Å². The number of halogens is 2. The van der Waals surface area contributed by atoms with E-state index in [1.54, 1.807) is 24.1 Å². The Labute approximate surface area is 128 Å². The highest BCUT2D eigenvalue weighted by molar-refractivity contribution is 6.31. The Bertz CT molecular complexity index is 615. The lowest BCUT2D eigenvalue weighted by Gasteiger charge is -2.20. The van der Waals surface area contributed by atoms with Crippen molar-refractivity contribution in [3.63, 3.8) is 0 Å². The minimum absolute atomic E-state index is 0.0135. The molecule has 0 saturated carbocycles. The van der Waals surface area contributed by atoms with Crippen molar-refractivity contribution in [3.8, 4) is 5.75 Å². The van der Waals surface area contributed by atoms with Crippen molar-refractivity contribution < 1.29 is 9.13 Å². The molecule has 1 N–H and O–H groups in total. The van der Waals surface area contributed by atoms with Crippen LogP contribution in [0.4, 0.5) is 4.39 Å². The number of nitrogens with one attached hydrogen (secondary N) is 1. The standard InChI is InChI=1S/C15H19ClFN3O/c1-4-18-13(15-14(21-3)9-19-20(15)2)7-10-5-6-11(17)8-12(10)16/h5-6,8-9,13,18H,4,7H2,1-3H3. The number of ether oxygens (including phenoxy) is 1. The van der Waals surface area contributed by atoms with Gasteiger partial charge in [-0.15, -0.1) is 0 Å². The van der Waals surface area contributed by atoms with Gasteiger partial charge in [0.25, 0.3) is 0 Å². The molecular formula is C15H19ClFN3O. The topological polar surface area (TPSA) is 39.1 Å². The highest BCUT2D eigenvalue weighted by Crippen LogP contribution is 2.29. The lowest BCUT2D eigenvalue weighted by molar-refractivity contribution is 0.394. The van der Waals surface area contributed by atoms with Gasteiger partial charge in [-0.2, -0.15) is 5.10 Å². The van der Waals surface area contributed by atoms with Gasteiger partial charge in [-0.1, -0.05) is 24.6 Å². The average molecular weight is 312 g/mol. The molecule has 0 aliphatic heterocycles. The minimum atomic E-state index is -0.332. The van der Waals surface area contributed by atoms with Gasteiger partial charge in [-0.3, -0.25) is 4.68 Å². The van der Waals surface area contributed by atoms with Gasteiger partial charge in [0.1, 0.15) is 5.82 Å². The third-order valence-corrected chi connectivity index (χ3v) is 3.74. The van der Waals surface area contributed by atoms with Crippen molar-refractivity contribution in [2.45, 2.75) is 19.4 Å². The highest BCUT2D eigenvalue weighted by Gasteiger charge is 2.21. The SMILES string of the molecule is CCNC(Cc1ccc(F)cc1Cl)c1c(OC)cnn1C. The summed E-state index contributed by atoms with van der Waals surface area (Å²) in [5, 5.41) is 8.05. The van der Waals surface area contributed by atoms with Gasteiger partial charge in [0.2, 0.25) is 0 Å². The van der Waals surface area contributed by atoms with Gasteiger partial charge in [0, 0.05) is 12.1 Å². The van der Waals surface area contributed by atoms with Crippen LogP contribution in [-0.4, -0.2) is 23.4 Å². The maximum atomic E-state index is 13.2. The molecule has 6 heteroatoms. The van der Waals surface area contributed by atoms with E-state index in [2.05, 4.69) is 10.4 Å². The number of rotatable bonds is 6. The molecule has 114 valence electrons. The zero-order valence-corrected chi connectivity index (χ0v) is 13.1. The lowest BCUT2D eigenvalue weighted by atomic mass is 10.0. The number of nitrogens with zero attached hydrogens (tertiary/aromatic N) is 2. The van der Waals surface area contributed by atoms with Crippen molar-refractivity contribution in [1.82, 2.24) is 15.1 Å². The Morgan fingerprint density at radius 1 is 1.48 bits per heavy atom. The summed E-state index contributed by atoms with van der Waals surface area (Å²) in [6.07, 6.45) is 2.31. The molecule has 1 heterocycles. The Kier molecular flexibility index (Phi) is 5.20. The van der Waals surface area contributed by atoms with Crippen LogP contribution in [0.2, 0.25) is 5.02 Å². The number of hydrogen-bond acceptors (Lipinski definition) is 3. The molecule has 1 aromatic heterocycles. The van der Waals surface area contributed by atoms with Crippen molar-refractivity contribution in [2.75, 3.05) is 13.7 Å². The summed E-state index contributed by atoms with van der Waals surface area (Å²) in [6.45, 7) is 2.82. The van der Waals surface area contributed by atoms with Crippen LogP contribution < -0.4 is 10.1 Å². The minimum Gasteiger partial charge on any atom is -0.493 e. The van der Waals surface area contributed by atoms with Crippen LogP contribution in [0.5, 0.6) is 5.75 Å². The van der Waals surface area contributed by atoms with Crippen molar-refractivity contribution in [2.24, 2.45) is 7.05 Å². The van der Waals surface area contributed by atoms with Gasteiger partial charge < -0.3 is 10.1 Å². The van der Waals surface area contributed by atoms with Gasteiger partial charge in [0.15, 0.2) is 5.75 Å². The van der Waals surface area contributed by atoms with Gasteiger partial charge in [-0.05, 0) is 30.7 Å². The second-order valence-corrected chi connectivity index (χ2v) is 5.18. The number of aryl methyl sites for hydroxylation is 1. The fourth-order valence-electron chi connectivity index (χ4n) is 2.40. The van der Waals surface area contributed by atoms with Gasteiger partial charge >= 0.3 is 0 Å². The zero-order chi connectivity index (χ0) is 15.4. The quantitative estimate of drug-likeness (QED) is 0.891. The summed E-state index contributed by atoms with van der Waals surface area (Å²) in [6, 6.07) is 4.45. The van der Waals surface area contributed by atoms with E-state index in [4.69, 9.17) is 16.3 Å². The van der Waals surface area contributed by atoms with Crippen LogP contribution >= 0.6 is 11.6 Å². The van der Waals surface area contributed by atoms with E-state index in [0.717, 1.165) is 23.6 Å². The summed E-state index contributed by atoms with van der Waals surface area (Å²) in [7, 11) is 3.49. The van der Waals surface area contributed by atoms with Crippen LogP contribution in [0.3, 0.4) is 0 Å². The number of methoxy groups -OCH3 is 1. The molecule has 2 rings (SSSR count). The molecule has 1 aromatic carbocycles. The number of aromatic nitrogens is 2. The van der Waals surface area contributed by atoms with Gasteiger partial charge in [-0.25, -0.2) is 4.39 Å². The number of likely N-dealkylation sites (N-methyl/N-ethyl adjacent to an activating group) is 1. The third kappa shape index (κ3) is 3.54. The fraction of sp³-hybridized carbons (Fsp3) is 0.400. The molecule has 2 aromatic rings. The number of benzene rings is 1. The molecule has 0 spiro atoms. The van der Waals surface area contributed by atoms with Crippen LogP contribution in [-0.2, 0) is 13.5 Å². The Morgan fingerprint density at radius 3 is 2.86 bits per heavy atom. The molecule has 0 saturated heterocycles. The molecular weight excluding hydrogens is 293 g/mol. The molecule has 0 aliphatic carbocycles. The Morgan fingerprint density at radius 2 is 2.24 bits per heavy atom. The molecule has 0 fully saturated rings. The lowest BCUT2D eigenvalue weighted by Crippen LogP contribution is -2.25. The maximum absolute atomic E-state index is 13.2. The van der Waals surface area contributed by atoms with Crippen LogP contribution in [0.15, 0.2) is 24.4 Å². The fourth-order valence-corrected chi connectivity index (χ4v) is 2.64. The summed E-state index contributed by atoms with van der Waals surface area (Å²) < 4.78 is 20.3. The van der Waals surface area contributed by atoms with E-state index in [1.165, 1.54) is 12.1 Å². The first kappa shape index (κ1) is 15.8. The first-order valence-corrected chi connectivity index (χ1v) is 7.17. The molecule has 1 atom stereocenters. The number of hydrogen-bond donors (Lipinski definition) is 1. The third-order valence-electron chi connectivity index (χ3n) is 3.39. The molecule has 0 aliphatic rings. The highest BCUT2D eigenvalue weighted by atomic mass is 35.5. The normalized spacial score (nSPS) is 12.4. The monoisotopic (exact) mass is 311 g/mol. The maximum Gasteiger partial charge on any atom is 0.161 e. The van der Waals surface area contributed by atoms with E-state index < -0.39 is 0 Å². The van der Waals surface area contributed by atoms with Crippen LogP contribution in [0.1, 0.15) is 24.2 Å². The van der Waals surface area contributed by atoms with E-state index in [1.807, 2.05) is 14.0 Å². The predicted octanol–water partition coefficient (Wildman–Crippen LogP) is 3.11. The molecule has 0 amide bonds. The first-order valence-electron chi connectivity index (χ1n) is 6.80. The predicted molar refractivity (Wildman–Crippen MR) is 81.3 cm³/mol. The molecule has 0 radical (unpaired) electrons. The summed E-state index contributed by atoms with van der Waals surface area (Å²) >= 11 is 6.13. The summed E-state index contributed by atoms with van der Waals surface area (Å²) in [5.41, 5.74) is 1.83. The Hall–Kier alpha value is -1.59. The first-order chi connectivity index (χ1) is 10.1. The Balaban J connectivity index is 2.33. The van der Waals surface area contributed by atoms with E-state index in [-0.39, 0.29) is 11.9 Å². The van der Waals surface area contributed by atoms with Crippen LogP contribution in [0.25, 0.3) is 0 Å². The van der Waals surface area contributed by atoms with E-state index in [0.29, 0.717) is 11.4 Å². The molecule has 0 bridgehead atoms.